The smallest absolute Gasteiger partial charge is 0.203 e. The van der Waals surface area contributed by atoms with E-state index in [9.17, 15) is 4.79 Å². The van der Waals surface area contributed by atoms with Crippen molar-refractivity contribution in [3.63, 3.8) is 0 Å². The molecule has 0 bridgehead atoms. The van der Waals surface area contributed by atoms with E-state index in [0.717, 1.165) is 5.56 Å². The second-order valence-corrected chi connectivity index (χ2v) is 5.45. The Hall–Kier alpha value is -1.71. The van der Waals surface area contributed by atoms with Crippen molar-refractivity contribution >= 4 is 5.78 Å². The first-order chi connectivity index (χ1) is 8.90. The first-order valence-corrected chi connectivity index (χ1v) is 6.32. The molecule has 4 nitrogen and oxygen atoms in total. The average molecular weight is 264 g/mol. The highest BCUT2D eigenvalue weighted by Gasteiger charge is 2.49. The summed E-state index contributed by atoms with van der Waals surface area (Å²) in [5.74, 6) is 2.06. The van der Waals surface area contributed by atoms with Crippen LogP contribution in [0.15, 0.2) is 12.1 Å². The largest absolute Gasteiger partial charge is 0.493 e. The molecule has 0 radical (unpaired) electrons. The Bertz CT molecular complexity index is 480. The summed E-state index contributed by atoms with van der Waals surface area (Å²) in [5, 5.41) is 0. The number of ketones is 1. The monoisotopic (exact) mass is 264 g/mol. The number of hydrogen-bond donors (Lipinski definition) is 0. The van der Waals surface area contributed by atoms with Crippen LogP contribution in [0.4, 0.5) is 0 Å². The predicted octanol–water partition coefficient (Wildman–Crippen LogP) is 2.76. The Morgan fingerprint density at radius 3 is 2.05 bits per heavy atom. The highest BCUT2D eigenvalue weighted by molar-refractivity contribution is 5.91. The maximum Gasteiger partial charge on any atom is 0.203 e. The van der Waals surface area contributed by atoms with Gasteiger partial charge in [0.05, 0.1) is 19.6 Å². The third-order valence-electron chi connectivity index (χ3n) is 3.76. The summed E-state index contributed by atoms with van der Waals surface area (Å²) in [4.78, 5) is 11.6. The lowest BCUT2D eigenvalue weighted by molar-refractivity contribution is -0.148. The van der Waals surface area contributed by atoms with Gasteiger partial charge in [-0.3, -0.25) is 4.79 Å². The lowest BCUT2D eigenvalue weighted by Gasteiger charge is -2.42. The number of aryl methyl sites for hydroxylation is 1. The number of rotatable bonds is 4. The minimum atomic E-state index is -0.444. The first kappa shape index (κ1) is 13.7. The van der Waals surface area contributed by atoms with Crippen LogP contribution < -0.4 is 14.2 Å². The van der Waals surface area contributed by atoms with Gasteiger partial charge in [0.15, 0.2) is 11.5 Å². The number of Topliss-reactive ketones (excluding diaryl/α,β-unsaturated/α-hetero) is 1. The van der Waals surface area contributed by atoms with Crippen molar-refractivity contribution in [2.45, 2.75) is 33.3 Å². The van der Waals surface area contributed by atoms with Crippen LogP contribution in [-0.2, 0) is 4.79 Å². The molecule has 19 heavy (non-hydrogen) atoms. The Morgan fingerprint density at radius 2 is 1.68 bits per heavy atom. The van der Waals surface area contributed by atoms with Gasteiger partial charge in [-0.25, -0.2) is 0 Å². The highest BCUT2D eigenvalue weighted by atomic mass is 16.5. The van der Waals surface area contributed by atoms with E-state index in [-0.39, 0.29) is 11.9 Å². The molecule has 1 unspecified atom stereocenters. The van der Waals surface area contributed by atoms with Gasteiger partial charge >= 0.3 is 0 Å². The zero-order valence-electron chi connectivity index (χ0n) is 12.1. The molecule has 4 heteroatoms. The molecule has 0 aromatic heterocycles. The third-order valence-corrected chi connectivity index (χ3v) is 3.76. The minimum absolute atomic E-state index is 0.134. The number of carbonyl (C=O) groups is 1. The minimum Gasteiger partial charge on any atom is -0.493 e. The molecule has 1 saturated carbocycles. The van der Waals surface area contributed by atoms with Crippen LogP contribution in [0, 0.1) is 12.3 Å². The standard InChI is InChI=1S/C15H20O4/c1-9-6-10(17-4)14(11(7-9)18-5)19-13-8-12(16)15(13,2)3/h6-7,13H,8H2,1-5H3. The van der Waals surface area contributed by atoms with Crippen LogP contribution in [0.1, 0.15) is 25.8 Å². The molecule has 1 atom stereocenters. The van der Waals surface area contributed by atoms with Crippen molar-refractivity contribution in [3.8, 4) is 17.2 Å². The molecule has 0 heterocycles. The second-order valence-electron chi connectivity index (χ2n) is 5.45. The molecule has 0 spiro atoms. The van der Waals surface area contributed by atoms with Crippen molar-refractivity contribution in [3.05, 3.63) is 17.7 Å². The second kappa shape index (κ2) is 4.76. The van der Waals surface area contributed by atoms with E-state index in [1.807, 2.05) is 32.9 Å². The molecule has 2 rings (SSSR count). The Balaban J connectivity index is 2.32. The van der Waals surface area contributed by atoms with E-state index in [1.165, 1.54) is 0 Å². The van der Waals surface area contributed by atoms with Gasteiger partial charge < -0.3 is 14.2 Å². The van der Waals surface area contributed by atoms with Gasteiger partial charge in [0.25, 0.3) is 0 Å². The summed E-state index contributed by atoms with van der Waals surface area (Å²) in [6.45, 7) is 5.76. The highest BCUT2D eigenvalue weighted by Crippen LogP contribution is 2.45. The summed E-state index contributed by atoms with van der Waals surface area (Å²) >= 11 is 0. The van der Waals surface area contributed by atoms with Crippen molar-refractivity contribution < 1.29 is 19.0 Å². The Labute approximate surface area is 113 Å². The van der Waals surface area contributed by atoms with Gasteiger partial charge in [-0.1, -0.05) is 0 Å². The lowest BCUT2D eigenvalue weighted by Crippen LogP contribution is -2.53. The number of benzene rings is 1. The molecular formula is C15H20O4. The van der Waals surface area contributed by atoms with Gasteiger partial charge in [-0.15, -0.1) is 0 Å². The summed E-state index contributed by atoms with van der Waals surface area (Å²) in [7, 11) is 3.19. The molecular weight excluding hydrogens is 244 g/mol. The SMILES string of the molecule is COc1cc(C)cc(OC)c1OC1CC(=O)C1(C)C. The first-order valence-electron chi connectivity index (χ1n) is 6.32. The Kier molecular flexibility index (Phi) is 3.43. The molecule has 0 amide bonds. The van der Waals surface area contributed by atoms with E-state index in [0.29, 0.717) is 23.7 Å². The average Bonchev–Trinajstić information content (AvgIpc) is 2.39. The molecule has 1 aromatic carbocycles. The molecule has 0 N–H and O–H groups in total. The third kappa shape index (κ3) is 2.27. The maximum atomic E-state index is 11.6. The van der Waals surface area contributed by atoms with Crippen LogP contribution in [0.25, 0.3) is 0 Å². The van der Waals surface area contributed by atoms with Crippen molar-refractivity contribution in [2.75, 3.05) is 14.2 Å². The molecule has 1 aliphatic rings. The van der Waals surface area contributed by atoms with E-state index in [2.05, 4.69) is 0 Å². The van der Waals surface area contributed by atoms with Gasteiger partial charge in [0, 0.05) is 6.42 Å². The van der Waals surface area contributed by atoms with E-state index >= 15 is 0 Å². The summed E-state index contributed by atoms with van der Waals surface area (Å²) in [5.41, 5.74) is 0.589. The van der Waals surface area contributed by atoms with Gasteiger partial charge in [0.2, 0.25) is 5.75 Å². The molecule has 104 valence electrons. The van der Waals surface area contributed by atoms with Crippen LogP contribution in [0.2, 0.25) is 0 Å². The van der Waals surface area contributed by atoms with Crippen molar-refractivity contribution in [2.24, 2.45) is 5.41 Å². The topological polar surface area (TPSA) is 44.8 Å². The fourth-order valence-corrected chi connectivity index (χ4v) is 2.19. The number of methoxy groups -OCH3 is 2. The summed E-state index contributed by atoms with van der Waals surface area (Å²) in [6.07, 6.45) is 0.304. The Morgan fingerprint density at radius 1 is 1.16 bits per heavy atom. The number of ether oxygens (including phenoxy) is 3. The van der Waals surface area contributed by atoms with Crippen molar-refractivity contribution in [1.82, 2.24) is 0 Å². The number of hydrogen-bond acceptors (Lipinski definition) is 4. The van der Waals surface area contributed by atoms with Crippen molar-refractivity contribution in [1.29, 1.82) is 0 Å². The fraction of sp³-hybridized carbons (Fsp3) is 0.533. The quantitative estimate of drug-likeness (QED) is 0.838. The van der Waals surface area contributed by atoms with E-state index in [1.54, 1.807) is 14.2 Å². The maximum absolute atomic E-state index is 11.6. The van der Waals surface area contributed by atoms with E-state index in [4.69, 9.17) is 14.2 Å². The van der Waals surface area contributed by atoms with Crippen LogP contribution in [0.5, 0.6) is 17.2 Å². The van der Waals surface area contributed by atoms with Gasteiger partial charge in [-0.2, -0.15) is 0 Å². The van der Waals surface area contributed by atoms with Crippen LogP contribution in [0.3, 0.4) is 0 Å². The van der Waals surface area contributed by atoms with Crippen LogP contribution in [-0.4, -0.2) is 26.1 Å². The van der Waals surface area contributed by atoms with Gasteiger partial charge in [0.1, 0.15) is 11.9 Å². The lowest BCUT2D eigenvalue weighted by atomic mass is 9.68. The zero-order chi connectivity index (χ0) is 14.2. The summed E-state index contributed by atoms with van der Waals surface area (Å²) in [6, 6.07) is 3.79. The fourth-order valence-electron chi connectivity index (χ4n) is 2.19. The number of carbonyl (C=O) groups excluding carboxylic acids is 1. The molecule has 1 fully saturated rings. The molecule has 0 saturated heterocycles. The molecule has 0 aliphatic heterocycles. The zero-order valence-corrected chi connectivity index (χ0v) is 12.1. The predicted molar refractivity (Wildman–Crippen MR) is 72.1 cm³/mol. The van der Waals surface area contributed by atoms with E-state index < -0.39 is 5.41 Å². The molecule has 1 aliphatic carbocycles. The van der Waals surface area contributed by atoms with Crippen LogP contribution >= 0.6 is 0 Å². The molecule has 1 aromatic rings. The normalized spacial score (nSPS) is 20.7. The van der Waals surface area contributed by atoms with Gasteiger partial charge in [-0.05, 0) is 38.5 Å². The summed E-state index contributed by atoms with van der Waals surface area (Å²) < 4.78 is 16.7.